The van der Waals surface area contributed by atoms with Crippen molar-refractivity contribution in [2.75, 3.05) is 13.7 Å². The topological polar surface area (TPSA) is 58.6 Å². The van der Waals surface area contributed by atoms with Gasteiger partial charge in [0.2, 0.25) is 5.91 Å². The van der Waals surface area contributed by atoms with Crippen LogP contribution in [0, 0.1) is 5.92 Å². The molecule has 0 aliphatic heterocycles. The van der Waals surface area contributed by atoms with Crippen LogP contribution in [0.2, 0.25) is 5.02 Å². The molecule has 0 radical (unpaired) electrons. The van der Waals surface area contributed by atoms with Gasteiger partial charge in [0.05, 0.1) is 24.7 Å². The molecule has 0 bridgehead atoms. The number of ether oxygens (including phenoxy) is 1. The summed E-state index contributed by atoms with van der Waals surface area (Å²) in [7, 11) is 1.55. The number of methoxy groups -OCH3 is 1. The second-order valence-electron chi connectivity index (χ2n) is 4.65. The highest BCUT2D eigenvalue weighted by molar-refractivity contribution is 6.30. The van der Waals surface area contributed by atoms with E-state index in [1.165, 1.54) is 0 Å². The number of aliphatic hydroxyl groups excluding tert-OH is 1. The fourth-order valence-corrected chi connectivity index (χ4v) is 1.85. The van der Waals surface area contributed by atoms with E-state index in [4.69, 9.17) is 16.3 Å². The van der Waals surface area contributed by atoms with Gasteiger partial charge in [-0.15, -0.1) is 0 Å². The molecule has 1 amide bonds. The van der Waals surface area contributed by atoms with Gasteiger partial charge in [-0.3, -0.25) is 4.79 Å². The van der Waals surface area contributed by atoms with Crippen molar-refractivity contribution in [3.8, 4) is 0 Å². The zero-order valence-electron chi connectivity index (χ0n) is 11.4. The fraction of sp³-hybridized carbons (Fsp3) is 0.500. The molecule has 1 aromatic rings. The lowest BCUT2D eigenvalue weighted by atomic mass is 10.0. The average molecular weight is 286 g/mol. The summed E-state index contributed by atoms with van der Waals surface area (Å²) in [5.41, 5.74) is 0.719. The molecule has 0 saturated carbocycles. The minimum atomic E-state index is -0.768. The van der Waals surface area contributed by atoms with Crippen LogP contribution in [0.4, 0.5) is 0 Å². The van der Waals surface area contributed by atoms with E-state index in [9.17, 15) is 9.90 Å². The number of halogens is 1. The van der Waals surface area contributed by atoms with Crippen LogP contribution in [0.1, 0.15) is 25.5 Å². The Morgan fingerprint density at radius 1 is 1.37 bits per heavy atom. The number of aliphatic hydroxyl groups is 1. The SMILES string of the molecule is COCC(C)C(=O)NC(C)C(O)c1ccc(Cl)cc1. The van der Waals surface area contributed by atoms with Crippen LogP contribution in [0.25, 0.3) is 0 Å². The van der Waals surface area contributed by atoms with E-state index in [1.807, 2.05) is 0 Å². The highest BCUT2D eigenvalue weighted by Gasteiger charge is 2.21. The number of benzene rings is 1. The third-order valence-corrected chi connectivity index (χ3v) is 3.17. The maximum atomic E-state index is 11.8. The van der Waals surface area contributed by atoms with Gasteiger partial charge in [0, 0.05) is 12.1 Å². The minimum Gasteiger partial charge on any atom is -0.386 e. The van der Waals surface area contributed by atoms with Gasteiger partial charge >= 0.3 is 0 Å². The van der Waals surface area contributed by atoms with Crippen molar-refractivity contribution in [3.63, 3.8) is 0 Å². The number of rotatable bonds is 6. The first-order valence-electron chi connectivity index (χ1n) is 6.18. The number of amides is 1. The predicted octanol–water partition coefficient (Wildman–Crippen LogP) is 2.16. The Kier molecular flexibility index (Phi) is 6.28. The lowest BCUT2D eigenvalue weighted by molar-refractivity contribution is -0.127. The second kappa shape index (κ2) is 7.48. The van der Waals surface area contributed by atoms with Crippen LogP contribution in [-0.2, 0) is 9.53 Å². The van der Waals surface area contributed by atoms with E-state index in [0.29, 0.717) is 11.6 Å². The molecular weight excluding hydrogens is 266 g/mol. The predicted molar refractivity (Wildman–Crippen MR) is 75.1 cm³/mol. The molecule has 3 atom stereocenters. The summed E-state index contributed by atoms with van der Waals surface area (Å²) in [4.78, 5) is 11.8. The largest absolute Gasteiger partial charge is 0.386 e. The molecule has 0 aliphatic carbocycles. The van der Waals surface area contributed by atoms with Gasteiger partial charge in [-0.1, -0.05) is 30.7 Å². The van der Waals surface area contributed by atoms with Gasteiger partial charge in [-0.05, 0) is 24.6 Å². The zero-order valence-corrected chi connectivity index (χ0v) is 12.1. The molecule has 106 valence electrons. The number of hydrogen-bond donors (Lipinski definition) is 2. The normalized spacial score (nSPS) is 15.6. The van der Waals surface area contributed by atoms with E-state index in [-0.39, 0.29) is 17.9 Å². The molecule has 1 rings (SSSR count). The Balaban J connectivity index is 2.59. The van der Waals surface area contributed by atoms with Crippen molar-refractivity contribution in [1.29, 1.82) is 0 Å². The lowest BCUT2D eigenvalue weighted by Gasteiger charge is -2.22. The summed E-state index contributed by atoms with van der Waals surface area (Å²) in [6.45, 7) is 3.90. The third-order valence-electron chi connectivity index (χ3n) is 2.92. The van der Waals surface area contributed by atoms with E-state index in [2.05, 4.69) is 5.32 Å². The first-order valence-corrected chi connectivity index (χ1v) is 6.56. The van der Waals surface area contributed by atoms with Gasteiger partial charge in [-0.2, -0.15) is 0 Å². The van der Waals surface area contributed by atoms with Gasteiger partial charge < -0.3 is 15.2 Å². The van der Waals surface area contributed by atoms with Crippen LogP contribution < -0.4 is 5.32 Å². The molecule has 4 nitrogen and oxygen atoms in total. The summed E-state index contributed by atoms with van der Waals surface area (Å²) < 4.78 is 4.93. The summed E-state index contributed by atoms with van der Waals surface area (Å²) in [5.74, 6) is -0.382. The van der Waals surface area contributed by atoms with Crippen molar-refractivity contribution < 1.29 is 14.6 Å². The van der Waals surface area contributed by atoms with Crippen molar-refractivity contribution in [2.45, 2.75) is 26.0 Å². The number of carbonyl (C=O) groups is 1. The number of carbonyl (C=O) groups excluding carboxylic acids is 1. The Morgan fingerprint density at radius 3 is 2.47 bits per heavy atom. The van der Waals surface area contributed by atoms with Crippen LogP contribution in [0.15, 0.2) is 24.3 Å². The Hall–Kier alpha value is -1.10. The smallest absolute Gasteiger partial charge is 0.225 e. The van der Waals surface area contributed by atoms with E-state index in [1.54, 1.807) is 45.2 Å². The second-order valence-corrected chi connectivity index (χ2v) is 5.09. The Labute approximate surface area is 118 Å². The number of hydrogen-bond acceptors (Lipinski definition) is 3. The van der Waals surface area contributed by atoms with Gasteiger partial charge in [0.15, 0.2) is 0 Å². The highest BCUT2D eigenvalue weighted by Crippen LogP contribution is 2.19. The summed E-state index contributed by atoms with van der Waals surface area (Å²) in [6, 6.07) is 6.53. The number of nitrogens with one attached hydrogen (secondary N) is 1. The van der Waals surface area contributed by atoms with Gasteiger partial charge in [-0.25, -0.2) is 0 Å². The molecule has 0 saturated heterocycles. The summed E-state index contributed by atoms with van der Waals surface area (Å²) >= 11 is 5.79. The van der Waals surface area contributed by atoms with Crippen molar-refractivity contribution in [2.24, 2.45) is 5.92 Å². The quantitative estimate of drug-likeness (QED) is 0.842. The molecule has 0 aromatic heterocycles. The fourth-order valence-electron chi connectivity index (χ4n) is 1.72. The van der Waals surface area contributed by atoms with E-state index in [0.717, 1.165) is 5.56 Å². The standard InChI is InChI=1S/C14H20ClNO3/c1-9(8-19-3)14(18)16-10(2)13(17)11-4-6-12(15)7-5-11/h4-7,9-10,13,17H,8H2,1-3H3,(H,16,18). The van der Waals surface area contributed by atoms with Crippen LogP contribution >= 0.6 is 11.6 Å². The van der Waals surface area contributed by atoms with E-state index < -0.39 is 6.10 Å². The molecule has 1 aromatic carbocycles. The maximum Gasteiger partial charge on any atom is 0.225 e. The molecule has 0 spiro atoms. The van der Waals surface area contributed by atoms with Crippen molar-refractivity contribution in [3.05, 3.63) is 34.9 Å². The molecule has 0 aliphatic rings. The highest BCUT2D eigenvalue weighted by atomic mass is 35.5. The average Bonchev–Trinajstić information content (AvgIpc) is 2.38. The van der Waals surface area contributed by atoms with Crippen LogP contribution in [-0.4, -0.2) is 30.8 Å². The Bertz CT molecular complexity index is 408. The Morgan fingerprint density at radius 2 is 1.95 bits per heavy atom. The van der Waals surface area contributed by atoms with Gasteiger partial charge in [0.1, 0.15) is 0 Å². The minimum absolute atomic E-state index is 0.137. The van der Waals surface area contributed by atoms with Crippen molar-refractivity contribution >= 4 is 17.5 Å². The molecule has 5 heteroatoms. The first-order chi connectivity index (χ1) is 8.95. The molecule has 0 heterocycles. The first kappa shape index (κ1) is 16.0. The monoisotopic (exact) mass is 285 g/mol. The molecule has 0 fully saturated rings. The lowest BCUT2D eigenvalue weighted by Crippen LogP contribution is -2.40. The molecule has 3 unspecified atom stereocenters. The van der Waals surface area contributed by atoms with Crippen molar-refractivity contribution in [1.82, 2.24) is 5.32 Å². The molecule has 19 heavy (non-hydrogen) atoms. The molecular formula is C14H20ClNO3. The van der Waals surface area contributed by atoms with Crippen LogP contribution in [0.3, 0.4) is 0 Å². The summed E-state index contributed by atoms with van der Waals surface area (Å²) in [5, 5.41) is 13.5. The van der Waals surface area contributed by atoms with Crippen LogP contribution in [0.5, 0.6) is 0 Å². The summed E-state index contributed by atoms with van der Waals surface area (Å²) in [6.07, 6.45) is -0.768. The molecule has 2 N–H and O–H groups in total. The third kappa shape index (κ3) is 4.82. The van der Waals surface area contributed by atoms with Gasteiger partial charge in [0.25, 0.3) is 0 Å². The van der Waals surface area contributed by atoms with E-state index >= 15 is 0 Å². The maximum absolute atomic E-state index is 11.8. The zero-order chi connectivity index (χ0) is 14.4.